The second kappa shape index (κ2) is 4.11. The Hall–Kier alpha value is 0.140. The standard InChI is InChI=1S/C7H10BrNS/c8-6-4-7(10-5-6)2-1-3-9/h4-5H,1-3,9H2. The average molecular weight is 220 g/mol. The fraction of sp³-hybridized carbons (Fsp3) is 0.429. The fourth-order valence-corrected chi connectivity index (χ4v) is 2.26. The quantitative estimate of drug-likeness (QED) is 0.831. The molecule has 1 rings (SSSR count). The molecule has 0 atom stereocenters. The van der Waals surface area contributed by atoms with Crippen LogP contribution in [0.5, 0.6) is 0 Å². The molecule has 1 aromatic heterocycles. The van der Waals surface area contributed by atoms with Crippen molar-refractivity contribution in [1.29, 1.82) is 0 Å². The highest BCUT2D eigenvalue weighted by molar-refractivity contribution is 9.10. The third-order valence-electron chi connectivity index (χ3n) is 1.25. The van der Waals surface area contributed by atoms with Crippen LogP contribution >= 0.6 is 27.3 Å². The molecule has 0 spiro atoms. The van der Waals surface area contributed by atoms with Gasteiger partial charge in [-0.15, -0.1) is 11.3 Å². The highest BCUT2D eigenvalue weighted by Gasteiger charge is 1.95. The Morgan fingerprint density at radius 1 is 1.60 bits per heavy atom. The maximum atomic E-state index is 5.38. The number of halogens is 1. The number of hydrogen-bond acceptors (Lipinski definition) is 2. The van der Waals surface area contributed by atoms with E-state index in [4.69, 9.17) is 5.73 Å². The van der Waals surface area contributed by atoms with Crippen molar-refractivity contribution in [3.05, 3.63) is 20.8 Å². The summed E-state index contributed by atoms with van der Waals surface area (Å²) in [6.45, 7) is 0.787. The Morgan fingerprint density at radius 3 is 2.90 bits per heavy atom. The minimum atomic E-state index is 0.787. The summed E-state index contributed by atoms with van der Waals surface area (Å²) >= 11 is 5.19. The Labute approximate surface area is 73.4 Å². The summed E-state index contributed by atoms with van der Waals surface area (Å²) in [5.74, 6) is 0. The van der Waals surface area contributed by atoms with Gasteiger partial charge < -0.3 is 5.73 Å². The third kappa shape index (κ3) is 2.40. The first kappa shape index (κ1) is 8.24. The lowest BCUT2D eigenvalue weighted by molar-refractivity contribution is 0.843. The van der Waals surface area contributed by atoms with Gasteiger partial charge in [0.1, 0.15) is 0 Å². The highest BCUT2D eigenvalue weighted by Crippen LogP contribution is 2.20. The molecule has 0 radical (unpaired) electrons. The summed E-state index contributed by atoms with van der Waals surface area (Å²) in [4.78, 5) is 1.41. The topological polar surface area (TPSA) is 26.0 Å². The summed E-state index contributed by atoms with van der Waals surface area (Å²) in [5.41, 5.74) is 5.38. The molecular formula is C7H10BrNS. The van der Waals surface area contributed by atoms with Crippen LogP contribution in [0.1, 0.15) is 11.3 Å². The number of hydrogen-bond donors (Lipinski definition) is 1. The van der Waals surface area contributed by atoms with Crippen molar-refractivity contribution < 1.29 is 0 Å². The minimum Gasteiger partial charge on any atom is -0.330 e. The molecule has 3 heteroatoms. The van der Waals surface area contributed by atoms with Crippen molar-refractivity contribution in [2.75, 3.05) is 6.54 Å². The van der Waals surface area contributed by atoms with Crippen molar-refractivity contribution in [3.8, 4) is 0 Å². The second-order valence-corrected chi connectivity index (χ2v) is 4.03. The molecule has 0 amide bonds. The van der Waals surface area contributed by atoms with E-state index in [1.54, 1.807) is 11.3 Å². The number of thiophene rings is 1. The van der Waals surface area contributed by atoms with Crippen LogP contribution in [0.4, 0.5) is 0 Å². The van der Waals surface area contributed by atoms with Crippen LogP contribution < -0.4 is 5.73 Å². The lowest BCUT2D eigenvalue weighted by Crippen LogP contribution is -1.99. The average Bonchev–Trinajstić information content (AvgIpc) is 2.31. The van der Waals surface area contributed by atoms with E-state index in [9.17, 15) is 0 Å². The van der Waals surface area contributed by atoms with E-state index < -0.39 is 0 Å². The molecule has 2 N–H and O–H groups in total. The van der Waals surface area contributed by atoms with Gasteiger partial charge in [0, 0.05) is 14.7 Å². The molecule has 0 unspecified atom stereocenters. The van der Waals surface area contributed by atoms with Gasteiger partial charge >= 0.3 is 0 Å². The van der Waals surface area contributed by atoms with E-state index in [1.807, 2.05) is 0 Å². The van der Waals surface area contributed by atoms with E-state index in [0.29, 0.717) is 0 Å². The van der Waals surface area contributed by atoms with Crippen molar-refractivity contribution >= 4 is 27.3 Å². The van der Waals surface area contributed by atoms with E-state index in [0.717, 1.165) is 19.4 Å². The second-order valence-electron chi connectivity index (χ2n) is 2.12. The molecule has 1 nitrogen and oxygen atoms in total. The van der Waals surface area contributed by atoms with Crippen molar-refractivity contribution in [2.24, 2.45) is 5.73 Å². The molecule has 0 aromatic carbocycles. The summed E-state index contributed by atoms with van der Waals surface area (Å²) in [6, 6.07) is 2.15. The third-order valence-corrected chi connectivity index (χ3v) is 3.01. The van der Waals surface area contributed by atoms with Crippen LogP contribution in [0, 0.1) is 0 Å². The van der Waals surface area contributed by atoms with Crippen LogP contribution in [-0.4, -0.2) is 6.54 Å². The van der Waals surface area contributed by atoms with Gasteiger partial charge in [-0.05, 0) is 41.4 Å². The van der Waals surface area contributed by atoms with Gasteiger partial charge in [0.2, 0.25) is 0 Å². The van der Waals surface area contributed by atoms with Crippen molar-refractivity contribution in [3.63, 3.8) is 0 Å². The first-order valence-electron chi connectivity index (χ1n) is 3.26. The van der Waals surface area contributed by atoms with E-state index >= 15 is 0 Å². The minimum absolute atomic E-state index is 0.787. The number of rotatable bonds is 3. The predicted octanol–water partition coefficient (Wildman–Crippen LogP) is 2.40. The van der Waals surface area contributed by atoms with Crippen LogP contribution in [0.15, 0.2) is 15.9 Å². The summed E-state index contributed by atoms with van der Waals surface area (Å²) in [5, 5.41) is 2.10. The molecule has 0 fully saturated rings. The summed E-state index contributed by atoms with van der Waals surface area (Å²) in [7, 11) is 0. The normalized spacial score (nSPS) is 10.2. The summed E-state index contributed by atoms with van der Waals surface area (Å²) < 4.78 is 1.18. The Morgan fingerprint density at radius 2 is 2.40 bits per heavy atom. The van der Waals surface area contributed by atoms with Gasteiger partial charge in [0.15, 0.2) is 0 Å². The van der Waals surface area contributed by atoms with E-state index in [-0.39, 0.29) is 0 Å². The maximum absolute atomic E-state index is 5.38. The SMILES string of the molecule is NCCCc1cc(Br)cs1. The van der Waals surface area contributed by atoms with Gasteiger partial charge in [-0.1, -0.05) is 0 Å². The Balaban J connectivity index is 2.42. The first-order chi connectivity index (χ1) is 4.83. The van der Waals surface area contributed by atoms with Gasteiger partial charge in [-0.25, -0.2) is 0 Å². The van der Waals surface area contributed by atoms with Gasteiger partial charge in [0.05, 0.1) is 0 Å². The predicted molar refractivity (Wildman–Crippen MR) is 49.4 cm³/mol. The first-order valence-corrected chi connectivity index (χ1v) is 4.93. The molecule has 0 bridgehead atoms. The Bertz CT molecular complexity index is 197. The molecule has 10 heavy (non-hydrogen) atoms. The van der Waals surface area contributed by atoms with Crippen LogP contribution in [0.2, 0.25) is 0 Å². The zero-order valence-corrected chi connectivity index (χ0v) is 8.04. The molecule has 1 aromatic rings. The molecule has 1 heterocycles. The number of aryl methyl sites for hydroxylation is 1. The fourth-order valence-electron chi connectivity index (χ4n) is 0.761. The smallest absolute Gasteiger partial charge is 0.0285 e. The van der Waals surface area contributed by atoms with Crippen LogP contribution in [-0.2, 0) is 6.42 Å². The van der Waals surface area contributed by atoms with Gasteiger partial charge in [-0.3, -0.25) is 0 Å². The van der Waals surface area contributed by atoms with Crippen LogP contribution in [0.25, 0.3) is 0 Å². The number of nitrogens with two attached hydrogens (primary N) is 1. The van der Waals surface area contributed by atoms with Gasteiger partial charge in [-0.2, -0.15) is 0 Å². The maximum Gasteiger partial charge on any atom is 0.0285 e. The Kier molecular flexibility index (Phi) is 3.39. The largest absolute Gasteiger partial charge is 0.330 e. The summed E-state index contributed by atoms with van der Waals surface area (Å²) in [6.07, 6.45) is 2.21. The van der Waals surface area contributed by atoms with E-state index in [2.05, 4.69) is 27.4 Å². The monoisotopic (exact) mass is 219 g/mol. The van der Waals surface area contributed by atoms with Gasteiger partial charge in [0.25, 0.3) is 0 Å². The molecule has 0 aliphatic heterocycles. The molecule has 0 aliphatic rings. The lowest BCUT2D eigenvalue weighted by Gasteiger charge is -1.90. The highest BCUT2D eigenvalue weighted by atomic mass is 79.9. The molecular weight excluding hydrogens is 210 g/mol. The molecule has 0 aliphatic carbocycles. The zero-order chi connectivity index (χ0) is 7.40. The van der Waals surface area contributed by atoms with Crippen molar-refractivity contribution in [2.45, 2.75) is 12.8 Å². The molecule has 56 valence electrons. The molecule has 0 saturated carbocycles. The van der Waals surface area contributed by atoms with Crippen molar-refractivity contribution in [1.82, 2.24) is 0 Å². The zero-order valence-electron chi connectivity index (χ0n) is 5.64. The lowest BCUT2D eigenvalue weighted by atomic mass is 10.3. The van der Waals surface area contributed by atoms with E-state index in [1.165, 1.54) is 9.35 Å². The molecule has 0 saturated heterocycles. The van der Waals surface area contributed by atoms with Crippen LogP contribution in [0.3, 0.4) is 0 Å².